The van der Waals surface area contributed by atoms with Crippen molar-refractivity contribution in [2.24, 2.45) is 5.92 Å². The van der Waals surface area contributed by atoms with Gasteiger partial charge in [-0.25, -0.2) is 4.79 Å². The molecular formula is C30H42N4O5. The number of Topliss-reactive ketones (excluding diaryl/α,β-unsaturated/α-hetero) is 1. The van der Waals surface area contributed by atoms with Crippen molar-refractivity contribution in [2.45, 2.75) is 78.3 Å². The predicted molar refractivity (Wildman–Crippen MR) is 154 cm³/mol. The summed E-state index contributed by atoms with van der Waals surface area (Å²) in [4.78, 5) is 48.7. The number of hydrogen-bond acceptors (Lipinski definition) is 5. The second-order valence-electron chi connectivity index (χ2n) is 10.8. The molecule has 0 saturated carbocycles. The fourth-order valence-electron chi connectivity index (χ4n) is 4.15. The van der Waals surface area contributed by atoms with Gasteiger partial charge in [-0.15, -0.1) is 0 Å². The van der Waals surface area contributed by atoms with Gasteiger partial charge in [-0.1, -0.05) is 38.5 Å². The number of ketones is 1. The van der Waals surface area contributed by atoms with Crippen LogP contribution in [0.5, 0.6) is 0 Å². The van der Waals surface area contributed by atoms with Crippen LogP contribution in [0.2, 0.25) is 0 Å². The smallest absolute Gasteiger partial charge is 0.323 e. The standard InChI is InChI=1S/C30H42N4O5/c1-20(2)18-26(35)32-24(19-27(36)37)11-8-9-17-31-30(4,5)28(38)22-13-15-23(16-14-22)33-29(39)34-25-12-7-6-10-21(25)3/h6-7,10,12-16,20,24,31H,8-9,11,17-19H2,1-5H3,(H,32,35)(H,36,37)(H2,33,34,39)/t24-/m0/s1. The number of carbonyl (C=O) groups excluding carboxylic acids is 3. The Morgan fingerprint density at radius 3 is 2.18 bits per heavy atom. The van der Waals surface area contributed by atoms with E-state index in [2.05, 4.69) is 21.3 Å². The SMILES string of the molecule is Cc1ccccc1NC(=O)Nc1ccc(C(=O)C(C)(C)NCCCC[C@@H](CC(=O)O)NC(=O)CC(C)C)cc1. The van der Waals surface area contributed by atoms with E-state index in [1.54, 1.807) is 24.3 Å². The summed E-state index contributed by atoms with van der Waals surface area (Å²) in [6.45, 7) is 10.00. The highest BCUT2D eigenvalue weighted by Gasteiger charge is 2.27. The van der Waals surface area contributed by atoms with Gasteiger partial charge in [0.15, 0.2) is 5.78 Å². The third-order valence-corrected chi connectivity index (χ3v) is 6.29. The molecule has 2 rings (SSSR count). The molecule has 0 spiro atoms. The Labute approximate surface area is 231 Å². The average molecular weight is 539 g/mol. The van der Waals surface area contributed by atoms with Crippen LogP contribution in [0.4, 0.5) is 16.2 Å². The molecule has 9 heteroatoms. The van der Waals surface area contributed by atoms with Gasteiger partial charge in [-0.05, 0) is 82.0 Å². The van der Waals surface area contributed by atoms with Gasteiger partial charge in [0.05, 0.1) is 12.0 Å². The van der Waals surface area contributed by atoms with E-state index in [0.717, 1.165) is 17.7 Å². The summed E-state index contributed by atoms with van der Waals surface area (Å²) in [5, 5.41) is 20.9. The molecule has 2 aromatic rings. The minimum atomic E-state index is -0.942. The number of hydrogen-bond donors (Lipinski definition) is 5. The van der Waals surface area contributed by atoms with Gasteiger partial charge in [-0.3, -0.25) is 14.4 Å². The summed E-state index contributed by atoms with van der Waals surface area (Å²) in [6, 6.07) is 13.5. The van der Waals surface area contributed by atoms with Crippen LogP contribution in [0, 0.1) is 12.8 Å². The Morgan fingerprint density at radius 1 is 0.897 bits per heavy atom. The van der Waals surface area contributed by atoms with Crippen molar-refractivity contribution in [1.29, 1.82) is 0 Å². The van der Waals surface area contributed by atoms with Crippen LogP contribution in [0.15, 0.2) is 48.5 Å². The number of aliphatic carboxylic acids is 1. The topological polar surface area (TPSA) is 137 Å². The minimum absolute atomic E-state index is 0.0804. The highest BCUT2D eigenvalue weighted by atomic mass is 16.4. The van der Waals surface area contributed by atoms with Gasteiger partial charge in [-0.2, -0.15) is 0 Å². The number of unbranched alkanes of at least 4 members (excludes halogenated alkanes) is 1. The van der Waals surface area contributed by atoms with Crippen molar-refractivity contribution in [3.8, 4) is 0 Å². The largest absolute Gasteiger partial charge is 0.481 e. The fourth-order valence-corrected chi connectivity index (χ4v) is 4.15. The number of carboxylic acid groups (broad SMARTS) is 1. The normalized spacial score (nSPS) is 12.1. The first kappa shape index (κ1) is 31.5. The van der Waals surface area contributed by atoms with Crippen LogP contribution < -0.4 is 21.3 Å². The van der Waals surface area contributed by atoms with Crippen molar-refractivity contribution in [1.82, 2.24) is 10.6 Å². The van der Waals surface area contributed by atoms with Crippen molar-refractivity contribution in [2.75, 3.05) is 17.2 Å². The monoisotopic (exact) mass is 538 g/mol. The summed E-state index contributed by atoms with van der Waals surface area (Å²) in [6.07, 6.45) is 2.25. The van der Waals surface area contributed by atoms with Crippen LogP contribution in [0.25, 0.3) is 0 Å². The molecule has 0 saturated heterocycles. The summed E-state index contributed by atoms with van der Waals surface area (Å²) < 4.78 is 0. The fraction of sp³-hybridized carbons (Fsp3) is 0.467. The zero-order valence-electron chi connectivity index (χ0n) is 23.6. The van der Waals surface area contributed by atoms with E-state index in [-0.39, 0.29) is 30.1 Å². The van der Waals surface area contributed by atoms with Crippen LogP contribution in [0.1, 0.15) is 75.7 Å². The lowest BCUT2D eigenvalue weighted by Crippen LogP contribution is -2.47. The van der Waals surface area contributed by atoms with E-state index < -0.39 is 17.6 Å². The van der Waals surface area contributed by atoms with Gasteiger partial charge in [0, 0.05) is 29.4 Å². The van der Waals surface area contributed by atoms with Crippen molar-refractivity contribution in [3.63, 3.8) is 0 Å². The van der Waals surface area contributed by atoms with Gasteiger partial charge in [0.25, 0.3) is 0 Å². The van der Waals surface area contributed by atoms with Crippen LogP contribution in [0.3, 0.4) is 0 Å². The minimum Gasteiger partial charge on any atom is -0.481 e. The molecule has 2 aromatic carbocycles. The molecule has 39 heavy (non-hydrogen) atoms. The number of rotatable bonds is 15. The predicted octanol–water partition coefficient (Wildman–Crippen LogP) is 5.37. The van der Waals surface area contributed by atoms with E-state index in [1.807, 2.05) is 58.9 Å². The third-order valence-electron chi connectivity index (χ3n) is 6.29. The Balaban J connectivity index is 1.81. The molecule has 0 aliphatic heterocycles. The molecule has 0 aromatic heterocycles. The maximum absolute atomic E-state index is 13.1. The van der Waals surface area contributed by atoms with Crippen LogP contribution in [-0.2, 0) is 9.59 Å². The first-order chi connectivity index (χ1) is 18.4. The second kappa shape index (κ2) is 15.0. The number of benzene rings is 2. The van der Waals surface area contributed by atoms with E-state index in [9.17, 15) is 19.2 Å². The molecule has 0 radical (unpaired) electrons. The molecular weight excluding hydrogens is 496 g/mol. The summed E-state index contributed by atoms with van der Waals surface area (Å²) >= 11 is 0. The number of nitrogens with one attached hydrogen (secondary N) is 4. The number of amides is 3. The Bertz CT molecular complexity index is 1130. The number of carboxylic acids is 1. The number of aryl methyl sites for hydroxylation is 1. The maximum atomic E-state index is 13.1. The molecule has 0 fully saturated rings. The molecule has 5 N–H and O–H groups in total. The highest BCUT2D eigenvalue weighted by molar-refractivity contribution is 6.04. The second-order valence-corrected chi connectivity index (χ2v) is 10.8. The number of anilines is 2. The van der Waals surface area contributed by atoms with E-state index in [1.165, 1.54) is 0 Å². The van der Waals surface area contributed by atoms with Crippen LogP contribution >= 0.6 is 0 Å². The molecule has 1 atom stereocenters. The molecule has 0 unspecified atom stereocenters. The lowest BCUT2D eigenvalue weighted by Gasteiger charge is -2.25. The van der Waals surface area contributed by atoms with Crippen molar-refractivity contribution >= 4 is 35.1 Å². The van der Waals surface area contributed by atoms with Gasteiger partial charge < -0.3 is 26.4 Å². The zero-order valence-corrected chi connectivity index (χ0v) is 23.6. The van der Waals surface area contributed by atoms with E-state index >= 15 is 0 Å². The van der Waals surface area contributed by atoms with Gasteiger partial charge >= 0.3 is 12.0 Å². The summed E-state index contributed by atoms with van der Waals surface area (Å²) in [5.74, 6) is -0.949. The molecule has 0 aliphatic carbocycles. The van der Waals surface area contributed by atoms with Gasteiger partial charge in [0.1, 0.15) is 0 Å². The maximum Gasteiger partial charge on any atom is 0.323 e. The quantitative estimate of drug-likeness (QED) is 0.153. The van der Waals surface area contributed by atoms with Crippen LogP contribution in [-0.4, -0.2) is 46.9 Å². The summed E-state index contributed by atoms with van der Waals surface area (Å²) in [7, 11) is 0. The Kier molecular flexibility index (Phi) is 12.1. The number of para-hydroxylation sites is 1. The molecule has 0 aliphatic rings. The average Bonchev–Trinajstić information content (AvgIpc) is 2.84. The molecule has 3 amide bonds. The van der Waals surface area contributed by atoms with E-state index in [4.69, 9.17) is 5.11 Å². The molecule has 212 valence electrons. The first-order valence-corrected chi connectivity index (χ1v) is 13.4. The summed E-state index contributed by atoms with van der Waals surface area (Å²) in [5.41, 5.74) is 1.95. The van der Waals surface area contributed by atoms with Crippen molar-refractivity contribution in [3.05, 3.63) is 59.7 Å². The molecule has 0 heterocycles. The van der Waals surface area contributed by atoms with Crippen molar-refractivity contribution < 1.29 is 24.3 Å². The van der Waals surface area contributed by atoms with E-state index in [0.29, 0.717) is 37.1 Å². The first-order valence-electron chi connectivity index (χ1n) is 13.4. The highest BCUT2D eigenvalue weighted by Crippen LogP contribution is 2.18. The van der Waals surface area contributed by atoms with Gasteiger partial charge in [0.2, 0.25) is 5.91 Å². The number of carbonyl (C=O) groups is 4. The Hall–Kier alpha value is -3.72. The third kappa shape index (κ3) is 11.3. The lowest BCUT2D eigenvalue weighted by molar-refractivity contribution is -0.137. The lowest BCUT2D eigenvalue weighted by atomic mass is 9.92. The molecule has 9 nitrogen and oxygen atoms in total. The number of urea groups is 1. The zero-order chi connectivity index (χ0) is 29.0. The molecule has 0 bridgehead atoms. The Morgan fingerprint density at radius 2 is 1.56 bits per heavy atom.